The largest absolute Gasteiger partial charge is 0.335 e. The molecule has 1 N–H and O–H groups in total. The minimum atomic E-state index is -0.227. The standard InChI is InChI=1S/C15H19BrN2O2/c1-15(2,3)11-4-6-18(7-5-11)14(20)10-8-12(16)13(19)17-9-10/h4,8-9H,5-7H2,1-3H3,(H,17,19). The van der Waals surface area contributed by atoms with Crippen molar-refractivity contribution in [3.05, 3.63) is 44.3 Å². The van der Waals surface area contributed by atoms with Crippen LogP contribution in [0.25, 0.3) is 0 Å². The number of rotatable bonds is 1. The predicted molar refractivity (Wildman–Crippen MR) is 82.8 cm³/mol. The Morgan fingerprint density at radius 1 is 1.40 bits per heavy atom. The molecule has 108 valence electrons. The van der Waals surface area contributed by atoms with Crippen LogP contribution in [-0.4, -0.2) is 28.9 Å². The van der Waals surface area contributed by atoms with Gasteiger partial charge in [-0.3, -0.25) is 9.59 Å². The van der Waals surface area contributed by atoms with Crippen LogP contribution in [0.15, 0.2) is 33.2 Å². The molecule has 0 bridgehead atoms. The molecule has 4 nitrogen and oxygen atoms in total. The quantitative estimate of drug-likeness (QED) is 0.800. The molecule has 0 spiro atoms. The molecule has 1 aromatic rings. The third kappa shape index (κ3) is 3.20. The molecule has 1 aliphatic heterocycles. The van der Waals surface area contributed by atoms with Gasteiger partial charge in [-0.25, -0.2) is 0 Å². The van der Waals surface area contributed by atoms with E-state index in [9.17, 15) is 9.59 Å². The van der Waals surface area contributed by atoms with Gasteiger partial charge in [0.05, 0.1) is 10.0 Å². The van der Waals surface area contributed by atoms with Crippen LogP contribution in [0.3, 0.4) is 0 Å². The van der Waals surface area contributed by atoms with E-state index in [1.54, 1.807) is 11.0 Å². The molecule has 0 unspecified atom stereocenters. The van der Waals surface area contributed by atoms with Crippen molar-refractivity contribution in [2.45, 2.75) is 27.2 Å². The van der Waals surface area contributed by atoms with E-state index in [4.69, 9.17) is 0 Å². The average molecular weight is 339 g/mol. The smallest absolute Gasteiger partial charge is 0.262 e. The number of carbonyl (C=O) groups is 1. The number of hydrogen-bond acceptors (Lipinski definition) is 2. The lowest BCUT2D eigenvalue weighted by atomic mass is 9.83. The molecule has 5 heteroatoms. The summed E-state index contributed by atoms with van der Waals surface area (Å²) in [6.07, 6.45) is 4.51. The van der Waals surface area contributed by atoms with Crippen LogP contribution in [-0.2, 0) is 0 Å². The average Bonchev–Trinajstić information content (AvgIpc) is 2.40. The molecule has 2 rings (SSSR count). The van der Waals surface area contributed by atoms with E-state index in [0.29, 0.717) is 16.6 Å². The maximum absolute atomic E-state index is 12.4. The third-order valence-corrected chi connectivity index (χ3v) is 4.15. The highest BCUT2D eigenvalue weighted by molar-refractivity contribution is 9.10. The Labute approximate surface area is 127 Å². The highest BCUT2D eigenvalue weighted by Crippen LogP contribution is 2.30. The van der Waals surface area contributed by atoms with Gasteiger partial charge in [0.2, 0.25) is 0 Å². The molecule has 1 amide bonds. The number of nitrogens with one attached hydrogen (secondary N) is 1. The zero-order valence-electron chi connectivity index (χ0n) is 12.0. The second kappa shape index (κ2) is 5.56. The van der Waals surface area contributed by atoms with E-state index in [1.165, 1.54) is 11.8 Å². The second-order valence-electron chi connectivity index (χ2n) is 6.05. The number of hydrogen-bond donors (Lipinski definition) is 1. The fourth-order valence-electron chi connectivity index (χ4n) is 2.30. The molecule has 0 atom stereocenters. The first-order chi connectivity index (χ1) is 9.29. The summed E-state index contributed by atoms with van der Waals surface area (Å²) >= 11 is 3.15. The van der Waals surface area contributed by atoms with E-state index in [-0.39, 0.29) is 16.9 Å². The van der Waals surface area contributed by atoms with Gasteiger partial charge in [0, 0.05) is 19.3 Å². The van der Waals surface area contributed by atoms with Gasteiger partial charge in [-0.05, 0) is 33.8 Å². The molecule has 0 fully saturated rings. The van der Waals surface area contributed by atoms with E-state index >= 15 is 0 Å². The van der Waals surface area contributed by atoms with Crippen molar-refractivity contribution in [3.8, 4) is 0 Å². The second-order valence-corrected chi connectivity index (χ2v) is 6.90. The van der Waals surface area contributed by atoms with Gasteiger partial charge in [0.15, 0.2) is 0 Å². The number of aromatic amines is 1. The van der Waals surface area contributed by atoms with E-state index < -0.39 is 0 Å². The zero-order valence-corrected chi connectivity index (χ0v) is 13.6. The van der Waals surface area contributed by atoms with Crippen LogP contribution in [0.5, 0.6) is 0 Å². The Hall–Kier alpha value is -1.36. The number of nitrogens with zero attached hydrogens (tertiary/aromatic N) is 1. The van der Waals surface area contributed by atoms with Gasteiger partial charge in [-0.1, -0.05) is 32.4 Å². The summed E-state index contributed by atoms with van der Waals surface area (Å²) in [6.45, 7) is 7.92. The Bertz CT molecular complexity index is 611. The lowest BCUT2D eigenvalue weighted by Gasteiger charge is -2.32. The van der Waals surface area contributed by atoms with Crippen molar-refractivity contribution in [1.29, 1.82) is 0 Å². The number of H-pyrrole nitrogens is 1. The van der Waals surface area contributed by atoms with Crippen molar-refractivity contribution in [2.75, 3.05) is 13.1 Å². The van der Waals surface area contributed by atoms with Gasteiger partial charge >= 0.3 is 0 Å². The number of halogens is 1. The first-order valence-electron chi connectivity index (χ1n) is 6.66. The molecule has 0 aromatic carbocycles. The Morgan fingerprint density at radius 3 is 2.60 bits per heavy atom. The van der Waals surface area contributed by atoms with Crippen molar-refractivity contribution in [2.24, 2.45) is 5.41 Å². The summed E-state index contributed by atoms with van der Waals surface area (Å²) in [7, 11) is 0. The molecule has 2 heterocycles. The SMILES string of the molecule is CC(C)(C)C1=CCN(C(=O)c2c[nH]c(=O)c(Br)c2)CC1. The first-order valence-corrected chi connectivity index (χ1v) is 7.45. The fraction of sp³-hybridized carbons (Fsp3) is 0.467. The monoisotopic (exact) mass is 338 g/mol. The summed E-state index contributed by atoms with van der Waals surface area (Å²) in [5, 5.41) is 0. The van der Waals surface area contributed by atoms with Gasteiger partial charge in [0.25, 0.3) is 11.5 Å². The first kappa shape index (κ1) is 15.0. The van der Waals surface area contributed by atoms with Crippen LogP contribution >= 0.6 is 15.9 Å². The molecule has 1 aromatic heterocycles. The molecule has 0 aliphatic carbocycles. The normalized spacial score (nSPS) is 16.0. The minimum Gasteiger partial charge on any atom is -0.335 e. The summed E-state index contributed by atoms with van der Waals surface area (Å²) in [4.78, 5) is 28.0. The lowest BCUT2D eigenvalue weighted by molar-refractivity contribution is 0.0764. The van der Waals surface area contributed by atoms with Crippen molar-refractivity contribution >= 4 is 21.8 Å². The van der Waals surface area contributed by atoms with Crippen molar-refractivity contribution < 1.29 is 4.79 Å². The highest BCUT2D eigenvalue weighted by Gasteiger charge is 2.24. The zero-order chi connectivity index (χ0) is 14.9. The molecule has 0 saturated carbocycles. The highest BCUT2D eigenvalue weighted by atomic mass is 79.9. The van der Waals surface area contributed by atoms with Gasteiger partial charge in [-0.15, -0.1) is 0 Å². The predicted octanol–water partition coefficient (Wildman–Crippen LogP) is 2.96. The van der Waals surface area contributed by atoms with Crippen molar-refractivity contribution in [1.82, 2.24) is 9.88 Å². The maximum Gasteiger partial charge on any atom is 0.262 e. The fourth-order valence-corrected chi connectivity index (χ4v) is 2.66. The number of pyridine rings is 1. The molecule has 1 aliphatic rings. The number of aromatic nitrogens is 1. The van der Waals surface area contributed by atoms with Crippen LogP contribution in [0, 0.1) is 5.41 Å². The van der Waals surface area contributed by atoms with Gasteiger partial charge in [0.1, 0.15) is 0 Å². The molecule has 0 saturated heterocycles. The van der Waals surface area contributed by atoms with Crippen LogP contribution in [0.1, 0.15) is 37.6 Å². The van der Waals surface area contributed by atoms with Crippen LogP contribution in [0.2, 0.25) is 0 Å². The van der Waals surface area contributed by atoms with E-state index in [1.807, 2.05) is 0 Å². The summed E-state index contributed by atoms with van der Waals surface area (Å²) in [5.41, 5.74) is 1.83. The summed E-state index contributed by atoms with van der Waals surface area (Å²) < 4.78 is 0.381. The Kier molecular flexibility index (Phi) is 4.18. The summed E-state index contributed by atoms with van der Waals surface area (Å²) in [5.74, 6) is -0.0499. The molecular weight excluding hydrogens is 320 g/mol. The topological polar surface area (TPSA) is 53.2 Å². The lowest BCUT2D eigenvalue weighted by Crippen LogP contribution is -2.36. The Morgan fingerprint density at radius 2 is 2.10 bits per heavy atom. The van der Waals surface area contributed by atoms with Crippen LogP contribution < -0.4 is 5.56 Å². The third-order valence-electron chi connectivity index (χ3n) is 3.56. The van der Waals surface area contributed by atoms with Crippen LogP contribution in [0.4, 0.5) is 0 Å². The molecule has 20 heavy (non-hydrogen) atoms. The van der Waals surface area contributed by atoms with Gasteiger partial charge < -0.3 is 9.88 Å². The van der Waals surface area contributed by atoms with Gasteiger partial charge in [-0.2, -0.15) is 0 Å². The van der Waals surface area contributed by atoms with Crippen molar-refractivity contribution in [3.63, 3.8) is 0 Å². The Balaban J connectivity index is 2.14. The van der Waals surface area contributed by atoms with E-state index in [0.717, 1.165) is 13.0 Å². The minimum absolute atomic E-state index is 0.0499. The molecule has 0 radical (unpaired) electrons. The molecular formula is C15H19BrN2O2. The number of amides is 1. The van der Waals surface area contributed by atoms with E-state index in [2.05, 4.69) is 47.8 Å². The maximum atomic E-state index is 12.4. The summed E-state index contributed by atoms with van der Waals surface area (Å²) in [6, 6.07) is 1.57. The number of carbonyl (C=O) groups excluding carboxylic acids is 1.